The predicted molar refractivity (Wildman–Crippen MR) is 159 cm³/mol. The molecule has 12 nitrogen and oxygen atoms in total. The number of urea groups is 1. The fourth-order valence-corrected chi connectivity index (χ4v) is 5.08. The van der Waals surface area contributed by atoms with E-state index in [9.17, 15) is 4.79 Å². The molecule has 2 aliphatic rings. The highest BCUT2D eigenvalue weighted by atomic mass is 35.5. The lowest BCUT2D eigenvalue weighted by Gasteiger charge is -2.31. The number of benzene rings is 2. The number of halogens is 1. The summed E-state index contributed by atoms with van der Waals surface area (Å²) in [7, 11) is 3.73. The van der Waals surface area contributed by atoms with Crippen molar-refractivity contribution in [1.82, 2.24) is 29.3 Å². The number of likely N-dealkylation sites (N-methyl/N-ethyl adjacent to an activating group) is 2. The number of morpholine rings is 1. The maximum absolute atomic E-state index is 12.9. The van der Waals surface area contributed by atoms with Gasteiger partial charge in [-0.1, -0.05) is 35.9 Å². The molecule has 1 saturated heterocycles. The van der Waals surface area contributed by atoms with Gasteiger partial charge >= 0.3 is 6.03 Å². The molecule has 0 aliphatic carbocycles. The third-order valence-electron chi connectivity index (χ3n) is 7.37. The lowest BCUT2D eigenvalue weighted by Crippen LogP contribution is -2.48. The summed E-state index contributed by atoms with van der Waals surface area (Å²) in [4.78, 5) is 32.8. The first-order chi connectivity index (χ1) is 20.5. The third kappa shape index (κ3) is 6.00. The molecule has 0 spiro atoms. The Kier molecular flexibility index (Phi) is 8.15. The summed E-state index contributed by atoms with van der Waals surface area (Å²) in [6.45, 7) is 4.62. The van der Waals surface area contributed by atoms with Crippen molar-refractivity contribution in [3.05, 3.63) is 64.9 Å². The molecule has 0 atom stereocenters. The van der Waals surface area contributed by atoms with Gasteiger partial charge in [0.2, 0.25) is 12.7 Å². The van der Waals surface area contributed by atoms with Gasteiger partial charge in [0, 0.05) is 51.8 Å². The number of nitrogens with one attached hydrogen (secondary N) is 1. The minimum Gasteiger partial charge on any atom is -0.454 e. The molecule has 0 saturated carbocycles. The standard InChI is InChI=1S/C29H33ClN8O4/c1-35(9-10-36(2)29(39)37-11-13-40-14-12-37)28-33-26(31-16-20-7-8-23-24(15-20)42-19-41-23)25-27(34-28)38(18-32-25)17-21-5-3-4-6-22(21)30/h3-8,15,18H,9-14,16-17,19H2,1-2H3,(H,31,33,34). The molecule has 4 heterocycles. The number of anilines is 2. The quantitative estimate of drug-likeness (QED) is 0.311. The summed E-state index contributed by atoms with van der Waals surface area (Å²) in [5.74, 6) is 2.59. The Morgan fingerprint density at radius 1 is 1.05 bits per heavy atom. The monoisotopic (exact) mass is 592 g/mol. The largest absolute Gasteiger partial charge is 0.454 e. The van der Waals surface area contributed by atoms with Gasteiger partial charge in [0.25, 0.3) is 0 Å². The summed E-state index contributed by atoms with van der Waals surface area (Å²) < 4.78 is 18.3. The molecule has 13 heteroatoms. The Morgan fingerprint density at radius 3 is 2.69 bits per heavy atom. The van der Waals surface area contributed by atoms with E-state index in [0.717, 1.165) is 22.6 Å². The number of amides is 2. The molecule has 1 fully saturated rings. The predicted octanol–water partition coefficient (Wildman–Crippen LogP) is 3.69. The van der Waals surface area contributed by atoms with Gasteiger partial charge in [-0.15, -0.1) is 0 Å². The summed E-state index contributed by atoms with van der Waals surface area (Å²) in [6, 6.07) is 13.6. The van der Waals surface area contributed by atoms with Crippen molar-refractivity contribution >= 4 is 40.6 Å². The van der Waals surface area contributed by atoms with Crippen LogP contribution in [0.1, 0.15) is 11.1 Å². The topological polar surface area (TPSA) is 110 Å². The van der Waals surface area contributed by atoms with E-state index >= 15 is 0 Å². The van der Waals surface area contributed by atoms with Crippen molar-refractivity contribution < 1.29 is 19.0 Å². The average Bonchev–Trinajstić information content (AvgIpc) is 3.66. The molecule has 6 rings (SSSR count). The Balaban J connectivity index is 1.24. The number of carbonyl (C=O) groups excluding carboxylic acids is 1. The molecule has 1 N–H and O–H groups in total. The third-order valence-corrected chi connectivity index (χ3v) is 7.74. The molecular formula is C29H33ClN8O4. The van der Waals surface area contributed by atoms with Crippen LogP contribution >= 0.6 is 11.6 Å². The number of fused-ring (bicyclic) bond motifs is 2. The second-order valence-corrected chi connectivity index (χ2v) is 10.7. The highest BCUT2D eigenvalue weighted by Gasteiger charge is 2.22. The van der Waals surface area contributed by atoms with E-state index in [1.165, 1.54) is 0 Å². The lowest BCUT2D eigenvalue weighted by atomic mass is 10.2. The van der Waals surface area contributed by atoms with Crippen LogP contribution < -0.4 is 19.7 Å². The highest BCUT2D eigenvalue weighted by molar-refractivity contribution is 6.31. The van der Waals surface area contributed by atoms with Crippen LogP contribution in [0.25, 0.3) is 11.2 Å². The Labute approximate surface area is 248 Å². The molecular weight excluding hydrogens is 560 g/mol. The van der Waals surface area contributed by atoms with E-state index in [-0.39, 0.29) is 12.8 Å². The van der Waals surface area contributed by atoms with E-state index in [0.29, 0.717) is 80.4 Å². The van der Waals surface area contributed by atoms with Gasteiger partial charge in [-0.3, -0.25) is 0 Å². The van der Waals surface area contributed by atoms with Gasteiger partial charge in [0.15, 0.2) is 28.5 Å². The first kappa shape index (κ1) is 27.9. The lowest BCUT2D eigenvalue weighted by molar-refractivity contribution is 0.0455. The molecule has 2 aromatic carbocycles. The van der Waals surface area contributed by atoms with Crippen molar-refractivity contribution in [3.8, 4) is 11.5 Å². The van der Waals surface area contributed by atoms with Crippen molar-refractivity contribution in [2.24, 2.45) is 0 Å². The number of nitrogens with zero attached hydrogens (tertiary/aromatic N) is 7. The number of hydrogen-bond acceptors (Lipinski definition) is 9. The zero-order chi connectivity index (χ0) is 29.1. The van der Waals surface area contributed by atoms with E-state index < -0.39 is 0 Å². The zero-order valence-corrected chi connectivity index (χ0v) is 24.4. The molecule has 42 heavy (non-hydrogen) atoms. The Hall–Kier alpha value is -4.29. The summed E-state index contributed by atoms with van der Waals surface area (Å²) in [5.41, 5.74) is 3.31. The molecule has 2 aromatic heterocycles. The van der Waals surface area contributed by atoms with Gasteiger partial charge in [-0.25, -0.2) is 9.78 Å². The molecule has 0 bridgehead atoms. The zero-order valence-electron chi connectivity index (χ0n) is 23.6. The van der Waals surface area contributed by atoms with Gasteiger partial charge in [-0.05, 0) is 29.3 Å². The highest BCUT2D eigenvalue weighted by Crippen LogP contribution is 2.33. The molecule has 2 aliphatic heterocycles. The van der Waals surface area contributed by atoms with E-state index in [4.69, 9.17) is 35.8 Å². The normalized spacial score (nSPS) is 14.3. The second kappa shape index (κ2) is 12.3. The second-order valence-electron chi connectivity index (χ2n) is 10.3. The minimum atomic E-state index is -0.00744. The van der Waals surface area contributed by atoms with Gasteiger partial charge in [-0.2, -0.15) is 9.97 Å². The van der Waals surface area contributed by atoms with Crippen LogP contribution in [-0.4, -0.2) is 95.6 Å². The maximum Gasteiger partial charge on any atom is 0.319 e. The number of carbonyl (C=O) groups is 1. The van der Waals surface area contributed by atoms with Gasteiger partial charge in [0.05, 0.1) is 26.1 Å². The molecule has 4 aromatic rings. The minimum absolute atomic E-state index is 0.00744. The summed E-state index contributed by atoms with van der Waals surface area (Å²) in [5, 5.41) is 4.13. The van der Waals surface area contributed by atoms with Crippen LogP contribution in [0.4, 0.5) is 16.6 Å². The fourth-order valence-electron chi connectivity index (χ4n) is 4.88. The van der Waals surface area contributed by atoms with Crippen LogP contribution in [-0.2, 0) is 17.8 Å². The molecule has 220 valence electrons. The fraction of sp³-hybridized carbons (Fsp3) is 0.379. The number of aromatic nitrogens is 4. The molecule has 0 radical (unpaired) electrons. The van der Waals surface area contributed by atoms with E-state index in [2.05, 4.69) is 10.3 Å². The van der Waals surface area contributed by atoms with E-state index in [1.807, 2.05) is 70.9 Å². The van der Waals surface area contributed by atoms with Crippen molar-refractivity contribution in [2.45, 2.75) is 13.1 Å². The average molecular weight is 593 g/mol. The first-order valence-corrected chi connectivity index (χ1v) is 14.2. The van der Waals surface area contributed by atoms with Gasteiger partial charge in [0.1, 0.15) is 0 Å². The maximum atomic E-state index is 12.9. The Bertz CT molecular complexity index is 1570. The first-order valence-electron chi connectivity index (χ1n) is 13.8. The molecule has 0 unspecified atom stereocenters. The van der Waals surface area contributed by atoms with Crippen LogP contribution in [0.3, 0.4) is 0 Å². The van der Waals surface area contributed by atoms with Crippen molar-refractivity contribution in [1.29, 1.82) is 0 Å². The van der Waals surface area contributed by atoms with Crippen LogP contribution in [0, 0.1) is 0 Å². The van der Waals surface area contributed by atoms with E-state index in [1.54, 1.807) is 11.2 Å². The van der Waals surface area contributed by atoms with Crippen LogP contribution in [0.15, 0.2) is 48.8 Å². The number of ether oxygens (including phenoxy) is 3. The number of rotatable bonds is 9. The van der Waals surface area contributed by atoms with Crippen molar-refractivity contribution in [2.75, 3.05) is 70.5 Å². The van der Waals surface area contributed by atoms with Gasteiger partial charge < -0.3 is 38.8 Å². The SMILES string of the molecule is CN(CCN(C)c1nc(NCc2ccc3c(c2)OCO3)c2ncn(Cc3ccccc3Cl)c2n1)C(=O)N1CCOCC1. The van der Waals surface area contributed by atoms with Crippen molar-refractivity contribution in [3.63, 3.8) is 0 Å². The number of hydrogen-bond donors (Lipinski definition) is 1. The summed E-state index contributed by atoms with van der Waals surface area (Å²) >= 11 is 6.47. The molecule has 2 amide bonds. The smallest absolute Gasteiger partial charge is 0.319 e. The summed E-state index contributed by atoms with van der Waals surface area (Å²) in [6.07, 6.45) is 1.76. The Morgan fingerprint density at radius 2 is 1.86 bits per heavy atom. The number of imidazole rings is 1. The van der Waals surface area contributed by atoms with Crippen LogP contribution in [0.5, 0.6) is 11.5 Å². The van der Waals surface area contributed by atoms with Crippen LogP contribution in [0.2, 0.25) is 5.02 Å².